The molecule has 1 rings (SSSR count). The Bertz CT molecular complexity index is 582. The van der Waals surface area contributed by atoms with Crippen LogP contribution in [0.3, 0.4) is 0 Å². The maximum atomic E-state index is 11.9. The zero-order valence-electron chi connectivity index (χ0n) is 17.1. The first-order valence-corrected chi connectivity index (χ1v) is 8.67. The number of nitrogens with zero attached hydrogens (tertiary/aromatic N) is 3. The van der Waals surface area contributed by atoms with Gasteiger partial charge in [-0.2, -0.15) is 0 Å². The molecule has 0 radical (unpaired) electrons. The van der Waals surface area contributed by atoms with Crippen molar-refractivity contribution in [3.63, 3.8) is 0 Å². The number of rotatable bonds is 7. The summed E-state index contributed by atoms with van der Waals surface area (Å²) in [4.78, 5) is 20.3. The van der Waals surface area contributed by atoms with E-state index in [0.29, 0.717) is 12.1 Å². The molecule has 0 aromatic heterocycles. The summed E-state index contributed by atoms with van der Waals surface area (Å²) in [5.41, 5.74) is 1.79. The molecule has 0 unspecified atom stereocenters. The van der Waals surface area contributed by atoms with Crippen LogP contribution in [-0.4, -0.2) is 68.5 Å². The van der Waals surface area contributed by atoms with E-state index in [-0.39, 0.29) is 35.4 Å². The van der Waals surface area contributed by atoms with Crippen LogP contribution in [0.25, 0.3) is 0 Å². The van der Waals surface area contributed by atoms with Gasteiger partial charge in [-0.15, -0.1) is 24.0 Å². The van der Waals surface area contributed by atoms with Crippen molar-refractivity contribution in [3.05, 3.63) is 35.4 Å². The van der Waals surface area contributed by atoms with E-state index in [1.54, 1.807) is 19.0 Å². The number of nitrogens with one attached hydrogen (secondary N) is 2. The molecule has 26 heavy (non-hydrogen) atoms. The van der Waals surface area contributed by atoms with Gasteiger partial charge in [-0.3, -0.25) is 4.79 Å². The van der Waals surface area contributed by atoms with Crippen LogP contribution in [0.2, 0.25) is 0 Å². The number of aliphatic imine (C=N–C) groups is 1. The number of carbonyl (C=O) groups is 1. The molecule has 0 spiro atoms. The maximum absolute atomic E-state index is 11.9. The zero-order chi connectivity index (χ0) is 19.0. The lowest BCUT2D eigenvalue weighted by molar-refractivity contribution is 0.0827. The van der Waals surface area contributed by atoms with E-state index in [4.69, 9.17) is 0 Å². The molecule has 0 saturated carbocycles. The third-order valence-electron chi connectivity index (χ3n) is 4.27. The molecule has 0 aliphatic heterocycles. The molecule has 0 atom stereocenters. The number of hydrogen-bond acceptors (Lipinski definition) is 3. The predicted molar refractivity (Wildman–Crippen MR) is 120 cm³/mol. The Hall–Kier alpha value is -1.35. The molecule has 0 fully saturated rings. The molecule has 0 bridgehead atoms. The quantitative estimate of drug-likeness (QED) is 0.361. The summed E-state index contributed by atoms with van der Waals surface area (Å²) in [6, 6.07) is 7.60. The van der Waals surface area contributed by atoms with E-state index >= 15 is 0 Å². The summed E-state index contributed by atoms with van der Waals surface area (Å²) in [6.07, 6.45) is 0. The summed E-state index contributed by atoms with van der Waals surface area (Å²) in [7, 11) is 7.65. The predicted octanol–water partition coefficient (Wildman–Crippen LogP) is 2.40. The van der Waals surface area contributed by atoms with Crippen molar-refractivity contribution in [2.24, 2.45) is 4.99 Å². The van der Waals surface area contributed by atoms with Gasteiger partial charge in [-0.1, -0.05) is 12.1 Å². The lowest BCUT2D eigenvalue weighted by atomic mass is 10.0. The monoisotopic (exact) mass is 475 g/mol. The molecule has 1 aromatic rings. The Labute approximate surface area is 175 Å². The first-order chi connectivity index (χ1) is 11.7. The van der Waals surface area contributed by atoms with Crippen LogP contribution in [0.1, 0.15) is 36.7 Å². The minimum Gasteiger partial charge on any atom is -0.357 e. The largest absolute Gasteiger partial charge is 0.357 e. The van der Waals surface area contributed by atoms with Crippen molar-refractivity contribution in [1.29, 1.82) is 0 Å². The van der Waals surface area contributed by atoms with Crippen LogP contribution in [0, 0.1) is 0 Å². The zero-order valence-corrected chi connectivity index (χ0v) is 19.4. The highest BCUT2D eigenvalue weighted by atomic mass is 127. The molecule has 2 N–H and O–H groups in total. The third kappa shape index (κ3) is 7.90. The van der Waals surface area contributed by atoms with Gasteiger partial charge < -0.3 is 20.4 Å². The van der Waals surface area contributed by atoms with Crippen molar-refractivity contribution < 1.29 is 4.79 Å². The number of halogens is 1. The molecular weight excluding hydrogens is 441 g/mol. The summed E-state index contributed by atoms with van der Waals surface area (Å²) >= 11 is 0. The topological polar surface area (TPSA) is 60.0 Å². The second-order valence-electron chi connectivity index (χ2n) is 7.15. The molecule has 0 heterocycles. The van der Waals surface area contributed by atoms with Gasteiger partial charge >= 0.3 is 0 Å². The fourth-order valence-electron chi connectivity index (χ4n) is 1.98. The second-order valence-corrected chi connectivity index (χ2v) is 7.15. The van der Waals surface area contributed by atoms with E-state index < -0.39 is 0 Å². The molecule has 0 aliphatic carbocycles. The van der Waals surface area contributed by atoms with E-state index in [2.05, 4.69) is 55.4 Å². The highest BCUT2D eigenvalue weighted by Gasteiger charge is 2.20. The van der Waals surface area contributed by atoms with E-state index in [9.17, 15) is 4.79 Å². The molecule has 0 aliphatic rings. The van der Waals surface area contributed by atoms with Crippen molar-refractivity contribution in [2.45, 2.75) is 32.9 Å². The van der Waals surface area contributed by atoms with Gasteiger partial charge in [0.2, 0.25) is 0 Å². The number of hydrogen-bond donors (Lipinski definition) is 2. The van der Waals surface area contributed by atoms with Crippen molar-refractivity contribution in [1.82, 2.24) is 20.4 Å². The van der Waals surface area contributed by atoms with Crippen molar-refractivity contribution >= 4 is 35.8 Å². The number of amides is 1. The van der Waals surface area contributed by atoms with Crippen LogP contribution < -0.4 is 10.6 Å². The molecular formula is C19H34IN5O. The fraction of sp³-hybridized carbons (Fsp3) is 0.579. The lowest BCUT2D eigenvalue weighted by Gasteiger charge is -2.33. The van der Waals surface area contributed by atoms with E-state index in [0.717, 1.165) is 24.6 Å². The molecule has 0 saturated heterocycles. The van der Waals surface area contributed by atoms with Crippen LogP contribution in [0.5, 0.6) is 0 Å². The average Bonchev–Trinajstić information content (AvgIpc) is 2.57. The van der Waals surface area contributed by atoms with Gasteiger partial charge in [0.05, 0.1) is 6.54 Å². The third-order valence-corrected chi connectivity index (χ3v) is 4.27. The van der Waals surface area contributed by atoms with Crippen LogP contribution >= 0.6 is 24.0 Å². The number of likely N-dealkylation sites (N-methyl/N-ethyl adjacent to an activating group) is 1. The van der Waals surface area contributed by atoms with Gasteiger partial charge in [0.25, 0.3) is 5.91 Å². The van der Waals surface area contributed by atoms with E-state index in [1.165, 1.54) is 0 Å². The molecule has 148 valence electrons. The Morgan fingerprint density at radius 1 is 1.08 bits per heavy atom. The SMILES string of the molecule is CCNC(=NCc1ccc(C(=O)N(C)C)cc1)NCC(C)(C)N(C)C.I. The van der Waals surface area contributed by atoms with Gasteiger partial charge in [-0.05, 0) is 52.6 Å². The van der Waals surface area contributed by atoms with Crippen molar-refractivity contribution in [3.8, 4) is 0 Å². The van der Waals surface area contributed by atoms with Gasteiger partial charge in [0.15, 0.2) is 5.96 Å². The summed E-state index contributed by atoms with van der Waals surface area (Å²) in [5.74, 6) is 0.807. The standard InChI is InChI=1S/C19H33N5O.HI/c1-8-20-18(22-14-19(2,3)24(6)7)21-13-15-9-11-16(12-10-15)17(25)23(4)5;/h9-12H,8,13-14H2,1-7H3,(H2,20,21,22);1H. The summed E-state index contributed by atoms with van der Waals surface area (Å²) in [5, 5.41) is 6.66. The average molecular weight is 475 g/mol. The van der Waals surface area contributed by atoms with Crippen LogP contribution in [-0.2, 0) is 6.54 Å². The normalized spacial score (nSPS) is 11.8. The number of guanidine groups is 1. The molecule has 1 aromatic carbocycles. The van der Waals surface area contributed by atoms with E-state index in [1.807, 2.05) is 24.3 Å². The Balaban J connectivity index is 0.00000625. The van der Waals surface area contributed by atoms with Gasteiger partial charge in [-0.25, -0.2) is 4.99 Å². The molecule has 1 amide bonds. The first-order valence-electron chi connectivity index (χ1n) is 8.67. The van der Waals surface area contributed by atoms with Crippen molar-refractivity contribution in [2.75, 3.05) is 41.3 Å². The summed E-state index contributed by atoms with van der Waals surface area (Å²) < 4.78 is 0. The number of carbonyl (C=O) groups excluding carboxylic acids is 1. The fourth-order valence-corrected chi connectivity index (χ4v) is 1.98. The Morgan fingerprint density at radius 2 is 1.65 bits per heavy atom. The highest BCUT2D eigenvalue weighted by Crippen LogP contribution is 2.09. The molecule has 7 heteroatoms. The minimum atomic E-state index is 0. The van der Waals surface area contributed by atoms with Gasteiger partial charge in [0, 0.05) is 38.3 Å². The smallest absolute Gasteiger partial charge is 0.253 e. The maximum Gasteiger partial charge on any atom is 0.253 e. The molecule has 6 nitrogen and oxygen atoms in total. The first kappa shape index (κ1) is 24.7. The summed E-state index contributed by atoms with van der Waals surface area (Å²) in [6.45, 7) is 8.59. The second kappa shape index (κ2) is 11.4. The van der Waals surface area contributed by atoms with Crippen LogP contribution in [0.4, 0.5) is 0 Å². The lowest BCUT2D eigenvalue weighted by Crippen LogP contribution is -2.50. The highest BCUT2D eigenvalue weighted by molar-refractivity contribution is 14.0. The Kier molecular flexibility index (Phi) is 10.8. The minimum absolute atomic E-state index is 0. The Morgan fingerprint density at radius 3 is 2.12 bits per heavy atom. The van der Waals surface area contributed by atoms with Crippen LogP contribution in [0.15, 0.2) is 29.3 Å². The number of benzene rings is 1. The van der Waals surface area contributed by atoms with Gasteiger partial charge in [0.1, 0.15) is 0 Å².